The first-order chi connectivity index (χ1) is 12.5. The third-order valence-electron chi connectivity index (χ3n) is 4.07. The van der Waals surface area contributed by atoms with Gasteiger partial charge in [-0.2, -0.15) is 0 Å². The topological polar surface area (TPSA) is 49.4 Å². The van der Waals surface area contributed by atoms with Crippen LogP contribution in [0.2, 0.25) is 5.02 Å². The van der Waals surface area contributed by atoms with Gasteiger partial charge in [0.1, 0.15) is 5.82 Å². The quantitative estimate of drug-likeness (QED) is 0.765. The van der Waals surface area contributed by atoms with Gasteiger partial charge in [-0.05, 0) is 35.7 Å². The Hall–Kier alpha value is -2.40. The van der Waals surface area contributed by atoms with E-state index in [0.29, 0.717) is 36.6 Å². The molecule has 0 aromatic heterocycles. The Kier molecular flexibility index (Phi) is 7.60. The molecule has 0 bridgehead atoms. The predicted octanol–water partition coefficient (Wildman–Crippen LogP) is 3.58. The van der Waals surface area contributed by atoms with Gasteiger partial charge in [0.25, 0.3) is 0 Å². The Morgan fingerprint density at radius 2 is 1.77 bits per heavy atom. The fourth-order valence-electron chi connectivity index (χ4n) is 2.51. The summed E-state index contributed by atoms with van der Waals surface area (Å²) in [5, 5.41) is 3.46. The van der Waals surface area contributed by atoms with Crippen molar-refractivity contribution in [2.24, 2.45) is 0 Å². The zero-order chi connectivity index (χ0) is 18.9. The molecule has 2 amide bonds. The van der Waals surface area contributed by atoms with E-state index >= 15 is 0 Å². The lowest BCUT2D eigenvalue weighted by Gasteiger charge is -2.21. The lowest BCUT2D eigenvalue weighted by molar-refractivity contribution is -0.129. The molecule has 0 radical (unpaired) electrons. The second kappa shape index (κ2) is 9.92. The highest BCUT2D eigenvalue weighted by molar-refractivity contribution is 6.30. The fraction of sp³-hybridized carbons (Fsp3) is 0.300. The molecule has 0 aliphatic heterocycles. The standard InChI is InChI=1S/C20H22ClFN2O2/c1-15(25)24(12-10-17-4-2-3-5-19(17)22)13-11-20(26)23-14-16-6-8-18(21)9-7-16/h2-9H,10-14H2,1H3,(H,23,26). The zero-order valence-corrected chi connectivity index (χ0v) is 15.4. The van der Waals surface area contributed by atoms with E-state index in [1.165, 1.54) is 13.0 Å². The lowest BCUT2D eigenvalue weighted by Crippen LogP contribution is -2.35. The molecule has 26 heavy (non-hydrogen) atoms. The van der Waals surface area contributed by atoms with Gasteiger partial charge in [0.2, 0.25) is 11.8 Å². The van der Waals surface area contributed by atoms with Crippen molar-refractivity contribution in [2.75, 3.05) is 13.1 Å². The van der Waals surface area contributed by atoms with Crippen molar-refractivity contribution in [3.63, 3.8) is 0 Å². The SMILES string of the molecule is CC(=O)N(CCC(=O)NCc1ccc(Cl)cc1)CCc1ccccc1F. The Bertz CT molecular complexity index is 750. The Morgan fingerprint density at radius 3 is 2.42 bits per heavy atom. The molecule has 2 rings (SSSR count). The van der Waals surface area contributed by atoms with Gasteiger partial charge in [0, 0.05) is 38.0 Å². The van der Waals surface area contributed by atoms with Crippen LogP contribution in [0.1, 0.15) is 24.5 Å². The molecule has 1 N–H and O–H groups in total. The summed E-state index contributed by atoms with van der Waals surface area (Å²) in [5.74, 6) is -0.555. The minimum atomic E-state index is -0.281. The third kappa shape index (κ3) is 6.48. The molecule has 0 saturated carbocycles. The maximum atomic E-state index is 13.7. The van der Waals surface area contributed by atoms with Crippen molar-refractivity contribution in [1.82, 2.24) is 10.2 Å². The number of halogens is 2. The molecule has 0 atom stereocenters. The van der Waals surface area contributed by atoms with Crippen LogP contribution in [-0.4, -0.2) is 29.8 Å². The first-order valence-corrected chi connectivity index (χ1v) is 8.83. The number of carbonyl (C=O) groups excluding carboxylic acids is 2. The van der Waals surface area contributed by atoms with Crippen LogP contribution < -0.4 is 5.32 Å². The zero-order valence-electron chi connectivity index (χ0n) is 14.7. The van der Waals surface area contributed by atoms with E-state index in [0.717, 1.165) is 5.56 Å². The summed E-state index contributed by atoms with van der Waals surface area (Å²) in [5.41, 5.74) is 1.51. The van der Waals surface area contributed by atoms with E-state index in [1.54, 1.807) is 35.2 Å². The molecule has 6 heteroatoms. The Morgan fingerprint density at radius 1 is 1.08 bits per heavy atom. The fourth-order valence-corrected chi connectivity index (χ4v) is 2.64. The van der Waals surface area contributed by atoms with Crippen LogP contribution in [0.4, 0.5) is 4.39 Å². The van der Waals surface area contributed by atoms with Gasteiger partial charge in [0.05, 0.1) is 0 Å². The first-order valence-electron chi connectivity index (χ1n) is 8.46. The number of nitrogens with zero attached hydrogens (tertiary/aromatic N) is 1. The molecule has 0 aliphatic carbocycles. The van der Waals surface area contributed by atoms with Gasteiger partial charge in [-0.3, -0.25) is 9.59 Å². The molecule has 0 heterocycles. The van der Waals surface area contributed by atoms with E-state index in [1.807, 2.05) is 12.1 Å². The van der Waals surface area contributed by atoms with Gasteiger partial charge in [-0.25, -0.2) is 4.39 Å². The summed E-state index contributed by atoms with van der Waals surface area (Å²) in [6, 6.07) is 13.7. The molecule has 2 aromatic carbocycles. The minimum Gasteiger partial charge on any atom is -0.352 e. The number of rotatable bonds is 8. The highest BCUT2D eigenvalue weighted by atomic mass is 35.5. The molecule has 0 saturated heterocycles. The average Bonchev–Trinajstić information content (AvgIpc) is 2.62. The van der Waals surface area contributed by atoms with Gasteiger partial charge in [0.15, 0.2) is 0 Å². The molecule has 0 fully saturated rings. The molecule has 138 valence electrons. The second-order valence-electron chi connectivity index (χ2n) is 6.00. The van der Waals surface area contributed by atoms with E-state index in [4.69, 9.17) is 11.6 Å². The summed E-state index contributed by atoms with van der Waals surface area (Å²) in [6.45, 7) is 2.54. The monoisotopic (exact) mass is 376 g/mol. The van der Waals surface area contributed by atoms with Crippen molar-refractivity contribution >= 4 is 23.4 Å². The molecule has 0 unspecified atom stereocenters. The Labute approximate surface area is 158 Å². The normalized spacial score (nSPS) is 10.4. The van der Waals surface area contributed by atoms with E-state index in [9.17, 15) is 14.0 Å². The molecule has 2 aromatic rings. The maximum absolute atomic E-state index is 13.7. The van der Waals surface area contributed by atoms with Crippen LogP contribution in [0.25, 0.3) is 0 Å². The van der Waals surface area contributed by atoms with Crippen molar-refractivity contribution in [3.05, 3.63) is 70.5 Å². The number of hydrogen-bond donors (Lipinski definition) is 1. The number of benzene rings is 2. The van der Waals surface area contributed by atoms with Crippen molar-refractivity contribution in [3.8, 4) is 0 Å². The van der Waals surface area contributed by atoms with Gasteiger partial charge in [-0.1, -0.05) is 41.9 Å². The average molecular weight is 377 g/mol. The molecular weight excluding hydrogens is 355 g/mol. The van der Waals surface area contributed by atoms with Gasteiger partial charge < -0.3 is 10.2 Å². The Balaban J connectivity index is 1.78. The van der Waals surface area contributed by atoms with E-state index in [2.05, 4.69) is 5.32 Å². The highest BCUT2D eigenvalue weighted by Crippen LogP contribution is 2.10. The largest absolute Gasteiger partial charge is 0.352 e. The van der Waals surface area contributed by atoms with Crippen LogP contribution in [0.3, 0.4) is 0 Å². The maximum Gasteiger partial charge on any atom is 0.222 e. The molecule has 4 nitrogen and oxygen atoms in total. The number of carbonyl (C=O) groups is 2. The van der Waals surface area contributed by atoms with Crippen LogP contribution in [-0.2, 0) is 22.6 Å². The second-order valence-corrected chi connectivity index (χ2v) is 6.44. The van der Waals surface area contributed by atoms with Crippen molar-refractivity contribution in [2.45, 2.75) is 26.3 Å². The van der Waals surface area contributed by atoms with Crippen molar-refractivity contribution in [1.29, 1.82) is 0 Å². The third-order valence-corrected chi connectivity index (χ3v) is 4.32. The van der Waals surface area contributed by atoms with E-state index in [-0.39, 0.29) is 24.1 Å². The van der Waals surface area contributed by atoms with Gasteiger partial charge in [-0.15, -0.1) is 0 Å². The number of nitrogens with one attached hydrogen (secondary N) is 1. The summed E-state index contributed by atoms with van der Waals surface area (Å²) >= 11 is 5.82. The van der Waals surface area contributed by atoms with Crippen LogP contribution in [0, 0.1) is 5.82 Å². The van der Waals surface area contributed by atoms with Crippen molar-refractivity contribution < 1.29 is 14.0 Å². The number of amides is 2. The van der Waals surface area contributed by atoms with Crippen LogP contribution in [0.5, 0.6) is 0 Å². The summed E-state index contributed by atoms with van der Waals surface area (Å²) in [6.07, 6.45) is 0.614. The van der Waals surface area contributed by atoms with E-state index < -0.39 is 0 Å². The smallest absolute Gasteiger partial charge is 0.222 e. The van der Waals surface area contributed by atoms with Crippen LogP contribution in [0.15, 0.2) is 48.5 Å². The first kappa shape index (κ1) is 19.9. The summed E-state index contributed by atoms with van der Waals surface area (Å²) in [7, 11) is 0. The van der Waals surface area contributed by atoms with Crippen LogP contribution >= 0.6 is 11.6 Å². The minimum absolute atomic E-state index is 0.133. The van der Waals surface area contributed by atoms with Gasteiger partial charge >= 0.3 is 0 Å². The highest BCUT2D eigenvalue weighted by Gasteiger charge is 2.12. The number of hydrogen-bond acceptors (Lipinski definition) is 2. The summed E-state index contributed by atoms with van der Waals surface area (Å²) in [4.78, 5) is 25.3. The molecular formula is C20H22ClFN2O2. The molecule has 0 aliphatic rings. The predicted molar refractivity (Wildman–Crippen MR) is 100 cm³/mol. The lowest BCUT2D eigenvalue weighted by atomic mass is 10.1. The summed E-state index contributed by atoms with van der Waals surface area (Å²) < 4.78 is 13.7. The molecule has 0 spiro atoms.